The van der Waals surface area contributed by atoms with E-state index < -0.39 is 0 Å². The van der Waals surface area contributed by atoms with Gasteiger partial charge in [-0.25, -0.2) is 0 Å². The maximum atomic E-state index is 12.9. The molecule has 1 aliphatic rings. The summed E-state index contributed by atoms with van der Waals surface area (Å²) in [4.78, 5) is 14.9. The molecule has 2 aromatic heterocycles. The molecule has 1 atom stereocenters. The highest BCUT2D eigenvalue weighted by atomic mass is 32.1. The number of rotatable bonds is 4. The molecule has 2 heterocycles. The van der Waals surface area contributed by atoms with Crippen molar-refractivity contribution in [1.82, 2.24) is 15.1 Å². The Morgan fingerprint density at radius 1 is 1.25 bits per heavy atom. The van der Waals surface area contributed by atoms with Gasteiger partial charge in [0.1, 0.15) is 5.75 Å². The zero-order valence-corrected chi connectivity index (χ0v) is 17.7. The molecule has 0 radical (unpaired) electrons. The van der Waals surface area contributed by atoms with E-state index in [4.69, 9.17) is 4.74 Å². The molecule has 28 heavy (non-hydrogen) atoms. The van der Waals surface area contributed by atoms with Crippen molar-refractivity contribution < 1.29 is 9.53 Å². The van der Waals surface area contributed by atoms with Crippen LogP contribution in [0, 0.1) is 13.8 Å². The fourth-order valence-electron chi connectivity index (χ4n) is 4.11. The summed E-state index contributed by atoms with van der Waals surface area (Å²) in [6.45, 7) is 6.04. The summed E-state index contributed by atoms with van der Waals surface area (Å²) in [6, 6.07) is 8.17. The second kappa shape index (κ2) is 7.09. The van der Waals surface area contributed by atoms with Crippen LogP contribution in [-0.2, 0) is 19.9 Å². The minimum absolute atomic E-state index is 0.0235. The van der Waals surface area contributed by atoms with Crippen molar-refractivity contribution >= 4 is 17.2 Å². The van der Waals surface area contributed by atoms with Gasteiger partial charge in [0, 0.05) is 23.2 Å². The molecule has 0 spiro atoms. The van der Waals surface area contributed by atoms with E-state index in [1.807, 2.05) is 38.6 Å². The first-order valence-corrected chi connectivity index (χ1v) is 10.3. The molecule has 0 unspecified atom stereocenters. The summed E-state index contributed by atoms with van der Waals surface area (Å²) < 4.78 is 7.21. The molecule has 1 amide bonds. The summed E-state index contributed by atoms with van der Waals surface area (Å²) in [5.41, 5.74) is 6.90. The summed E-state index contributed by atoms with van der Waals surface area (Å²) in [6.07, 6.45) is 1.93. The molecule has 5 nitrogen and oxygen atoms in total. The standard InChI is InChI=1S/C22H25N3O2S/c1-12(20-13(2)24-25(4)14(20)3)23-22(26)19-11-16-7-6-15-10-17(27-5)8-9-18(15)21(16)28-19/h8-12H,6-7H2,1-5H3,(H,23,26)/t12-/m1/s1. The van der Waals surface area contributed by atoms with E-state index in [9.17, 15) is 4.79 Å². The first-order valence-electron chi connectivity index (χ1n) is 9.50. The quantitative estimate of drug-likeness (QED) is 0.714. The Kier molecular flexibility index (Phi) is 4.75. The van der Waals surface area contributed by atoms with E-state index in [2.05, 4.69) is 28.6 Å². The predicted octanol–water partition coefficient (Wildman–Crippen LogP) is 4.36. The van der Waals surface area contributed by atoms with Gasteiger partial charge in [0.2, 0.25) is 0 Å². The van der Waals surface area contributed by atoms with Crippen molar-refractivity contribution in [2.24, 2.45) is 7.05 Å². The highest BCUT2D eigenvalue weighted by molar-refractivity contribution is 7.17. The molecule has 3 aromatic rings. The zero-order valence-electron chi connectivity index (χ0n) is 16.9. The number of carbonyl (C=O) groups excluding carboxylic acids is 1. The Hall–Kier alpha value is -2.60. The number of benzene rings is 1. The fraction of sp³-hybridized carbons (Fsp3) is 0.364. The van der Waals surface area contributed by atoms with Crippen LogP contribution in [0.1, 0.15) is 50.7 Å². The van der Waals surface area contributed by atoms with Crippen LogP contribution in [0.4, 0.5) is 0 Å². The number of ether oxygens (including phenoxy) is 1. The first kappa shape index (κ1) is 18.7. The van der Waals surface area contributed by atoms with Crippen LogP contribution in [0.2, 0.25) is 0 Å². The van der Waals surface area contributed by atoms with Gasteiger partial charge in [0.15, 0.2) is 0 Å². The number of aromatic nitrogens is 2. The molecule has 4 rings (SSSR count). The number of nitrogens with zero attached hydrogens (tertiary/aromatic N) is 2. The summed E-state index contributed by atoms with van der Waals surface area (Å²) in [5, 5.41) is 7.62. The number of aryl methyl sites for hydroxylation is 4. The van der Waals surface area contributed by atoms with Crippen LogP contribution in [0.5, 0.6) is 5.75 Å². The number of nitrogens with one attached hydrogen (secondary N) is 1. The van der Waals surface area contributed by atoms with E-state index in [-0.39, 0.29) is 11.9 Å². The van der Waals surface area contributed by atoms with Gasteiger partial charge in [0.25, 0.3) is 5.91 Å². The maximum Gasteiger partial charge on any atom is 0.261 e. The molecular weight excluding hydrogens is 370 g/mol. The third kappa shape index (κ3) is 3.11. The summed E-state index contributed by atoms with van der Waals surface area (Å²) in [7, 11) is 3.62. The van der Waals surface area contributed by atoms with Gasteiger partial charge in [-0.05, 0) is 74.6 Å². The van der Waals surface area contributed by atoms with Gasteiger partial charge in [0.05, 0.1) is 23.7 Å². The average Bonchev–Trinajstić information content (AvgIpc) is 3.22. The highest BCUT2D eigenvalue weighted by Gasteiger charge is 2.24. The van der Waals surface area contributed by atoms with Gasteiger partial charge in [-0.3, -0.25) is 9.48 Å². The van der Waals surface area contributed by atoms with Crippen LogP contribution < -0.4 is 10.1 Å². The maximum absolute atomic E-state index is 12.9. The Labute approximate surface area is 169 Å². The molecule has 6 heteroatoms. The van der Waals surface area contributed by atoms with Gasteiger partial charge >= 0.3 is 0 Å². The summed E-state index contributed by atoms with van der Waals surface area (Å²) in [5.74, 6) is 0.859. The average molecular weight is 396 g/mol. The Morgan fingerprint density at radius 2 is 2.00 bits per heavy atom. The van der Waals surface area contributed by atoms with E-state index in [1.54, 1.807) is 18.4 Å². The molecule has 0 fully saturated rings. The molecular formula is C22H25N3O2S. The van der Waals surface area contributed by atoms with Crippen LogP contribution in [0.3, 0.4) is 0 Å². The normalized spacial score (nSPS) is 13.6. The number of hydrogen-bond donors (Lipinski definition) is 1. The van der Waals surface area contributed by atoms with E-state index in [1.165, 1.54) is 21.6 Å². The largest absolute Gasteiger partial charge is 0.497 e. The van der Waals surface area contributed by atoms with Gasteiger partial charge < -0.3 is 10.1 Å². The lowest BCUT2D eigenvalue weighted by molar-refractivity contribution is 0.0944. The minimum atomic E-state index is -0.0862. The third-order valence-corrected chi connectivity index (χ3v) is 6.81. The Morgan fingerprint density at radius 3 is 2.68 bits per heavy atom. The first-order chi connectivity index (χ1) is 13.4. The lowest BCUT2D eigenvalue weighted by Gasteiger charge is -2.16. The van der Waals surface area contributed by atoms with Crippen molar-refractivity contribution in [2.75, 3.05) is 7.11 Å². The second-order valence-corrected chi connectivity index (χ2v) is 8.44. The van der Waals surface area contributed by atoms with Crippen molar-refractivity contribution in [3.63, 3.8) is 0 Å². The zero-order chi connectivity index (χ0) is 20.0. The number of carbonyl (C=O) groups is 1. The van der Waals surface area contributed by atoms with Crippen molar-refractivity contribution in [3.05, 3.63) is 57.2 Å². The van der Waals surface area contributed by atoms with Gasteiger partial charge in [-0.2, -0.15) is 5.10 Å². The SMILES string of the molecule is COc1ccc2c(c1)CCc1cc(C(=O)N[C@H](C)c3c(C)nn(C)c3C)sc1-2. The number of thiophene rings is 1. The minimum Gasteiger partial charge on any atom is -0.497 e. The van der Waals surface area contributed by atoms with Crippen LogP contribution in [-0.4, -0.2) is 22.8 Å². The molecule has 0 bridgehead atoms. The monoisotopic (exact) mass is 395 g/mol. The van der Waals surface area contributed by atoms with Gasteiger partial charge in [-0.1, -0.05) is 0 Å². The van der Waals surface area contributed by atoms with E-state index in [0.29, 0.717) is 0 Å². The smallest absolute Gasteiger partial charge is 0.261 e. The van der Waals surface area contributed by atoms with Crippen LogP contribution >= 0.6 is 11.3 Å². The fourth-order valence-corrected chi connectivity index (χ4v) is 5.28. The Balaban J connectivity index is 1.59. The topological polar surface area (TPSA) is 56.1 Å². The van der Waals surface area contributed by atoms with Crippen LogP contribution in [0.25, 0.3) is 10.4 Å². The third-order valence-electron chi connectivity index (χ3n) is 5.60. The van der Waals surface area contributed by atoms with E-state index in [0.717, 1.165) is 40.4 Å². The number of fused-ring (bicyclic) bond motifs is 3. The van der Waals surface area contributed by atoms with Gasteiger partial charge in [-0.15, -0.1) is 11.3 Å². The number of methoxy groups -OCH3 is 1. The van der Waals surface area contributed by atoms with Crippen molar-refractivity contribution in [1.29, 1.82) is 0 Å². The molecule has 0 aliphatic heterocycles. The molecule has 1 aromatic carbocycles. The van der Waals surface area contributed by atoms with E-state index >= 15 is 0 Å². The molecule has 1 N–H and O–H groups in total. The lowest BCUT2D eigenvalue weighted by atomic mass is 9.91. The number of amides is 1. The number of hydrogen-bond acceptors (Lipinski definition) is 4. The molecule has 146 valence electrons. The van der Waals surface area contributed by atoms with Crippen LogP contribution in [0.15, 0.2) is 24.3 Å². The predicted molar refractivity (Wildman–Crippen MR) is 112 cm³/mol. The molecule has 0 saturated heterocycles. The summed E-state index contributed by atoms with van der Waals surface area (Å²) >= 11 is 1.58. The van der Waals surface area contributed by atoms with Crippen molar-refractivity contribution in [3.8, 4) is 16.2 Å². The second-order valence-electron chi connectivity index (χ2n) is 7.39. The van der Waals surface area contributed by atoms with Crippen molar-refractivity contribution in [2.45, 2.75) is 39.7 Å². The highest BCUT2D eigenvalue weighted by Crippen LogP contribution is 2.41. The molecule has 0 saturated carbocycles. The Bertz CT molecular complexity index is 1060. The lowest BCUT2D eigenvalue weighted by Crippen LogP contribution is -2.26. The molecule has 1 aliphatic carbocycles.